The molecule has 1 aromatic heterocycles. The second kappa shape index (κ2) is 8.41. The highest BCUT2D eigenvalue weighted by Gasteiger charge is 2.32. The maximum absolute atomic E-state index is 12.4. The molecule has 2 rings (SSSR count). The molecule has 2 heterocycles. The molecule has 0 aliphatic carbocycles. The molecule has 1 aromatic rings. The number of rotatable bonds is 5. The molecule has 1 fully saturated rings. The fourth-order valence-corrected chi connectivity index (χ4v) is 2.68. The highest BCUT2D eigenvalue weighted by molar-refractivity contribution is 5.96. The zero-order chi connectivity index (χ0) is 18.4. The summed E-state index contributed by atoms with van der Waals surface area (Å²) in [6, 6.07) is 0.777. The van der Waals surface area contributed by atoms with E-state index in [1.54, 1.807) is 32.3 Å². The number of urea groups is 1. The van der Waals surface area contributed by atoms with Crippen LogP contribution in [0.25, 0.3) is 0 Å². The lowest BCUT2D eigenvalue weighted by atomic mass is 9.97. The standard InChI is InChI=1S/C16H23N5O4/c1-10(2)12(13(22)20-15(17)24)25-14(23)11-4-8-21(9-5-11)16-18-6-3-7-19-16/h3,6-7,10-12H,4-5,8-9H2,1-2H3,(H3,17,20,22,24). The van der Waals surface area contributed by atoms with Crippen molar-refractivity contribution in [3.8, 4) is 0 Å². The van der Waals surface area contributed by atoms with E-state index in [2.05, 4.69) is 9.97 Å². The van der Waals surface area contributed by atoms with Gasteiger partial charge in [0, 0.05) is 25.5 Å². The van der Waals surface area contributed by atoms with Crippen LogP contribution in [-0.4, -0.2) is 47.1 Å². The number of esters is 1. The molecule has 136 valence electrons. The summed E-state index contributed by atoms with van der Waals surface area (Å²) in [6.45, 7) is 4.72. The molecule has 0 radical (unpaired) electrons. The molecule has 1 aliphatic heterocycles. The third kappa shape index (κ3) is 5.13. The molecular weight excluding hydrogens is 326 g/mol. The van der Waals surface area contributed by atoms with Crippen molar-refractivity contribution < 1.29 is 19.1 Å². The maximum Gasteiger partial charge on any atom is 0.318 e. The van der Waals surface area contributed by atoms with E-state index in [9.17, 15) is 14.4 Å². The number of piperidine rings is 1. The largest absolute Gasteiger partial charge is 0.452 e. The first-order valence-electron chi connectivity index (χ1n) is 8.21. The van der Waals surface area contributed by atoms with Crippen molar-refractivity contribution in [3.63, 3.8) is 0 Å². The molecule has 1 atom stereocenters. The SMILES string of the molecule is CC(C)C(OC(=O)C1CCN(c2ncccn2)CC1)C(=O)NC(N)=O. The van der Waals surface area contributed by atoms with Crippen LogP contribution in [0, 0.1) is 11.8 Å². The summed E-state index contributed by atoms with van der Waals surface area (Å²) < 4.78 is 5.35. The van der Waals surface area contributed by atoms with Gasteiger partial charge in [0.05, 0.1) is 5.92 Å². The lowest BCUT2D eigenvalue weighted by Crippen LogP contribution is -2.47. The zero-order valence-electron chi connectivity index (χ0n) is 14.3. The number of carbonyl (C=O) groups is 3. The Hall–Kier alpha value is -2.71. The van der Waals surface area contributed by atoms with Crippen LogP contribution in [0.3, 0.4) is 0 Å². The Morgan fingerprint density at radius 2 is 1.84 bits per heavy atom. The number of nitrogens with two attached hydrogens (primary N) is 1. The predicted molar refractivity (Wildman–Crippen MR) is 89.4 cm³/mol. The van der Waals surface area contributed by atoms with Gasteiger partial charge in [-0.3, -0.25) is 14.9 Å². The van der Waals surface area contributed by atoms with Gasteiger partial charge < -0.3 is 15.4 Å². The highest BCUT2D eigenvalue weighted by Crippen LogP contribution is 2.22. The summed E-state index contributed by atoms with van der Waals surface area (Å²) in [6.07, 6.45) is 3.47. The van der Waals surface area contributed by atoms with Gasteiger partial charge in [0.25, 0.3) is 5.91 Å². The Balaban J connectivity index is 1.90. The minimum absolute atomic E-state index is 0.277. The summed E-state index contributed by atoms with van der Waals surface area (Å²) in [7, 11) is 0. The van der Waals surface area contributed by atoms with Crippen LogP contribution in [0.15, 0.2) is 18.5 Å². The van der Waals surface area contributed by atoms with E-state index >= 15 is 0 Å². The van der Waals surface area contributed by atoms with Gasteiger partial charge in [-0.1, -0.05) is 13.8 Å². The molecule has 0 aromatic carbocycles. The van der Waals surface area contributed by atoms with Crippen molar-refractivity contribution in [3.05, 3.63) is 18.5 Å². The Bertz CT molecular complexity index is 614. The van der Waals surface area contributed by atoms with Gasteiger partial charge in [0.2, 0.25) is 5.95 Å². The number of hydrogen-bond acceptors (Lipinski definition) is 7. The van der Waals surface area contributed by atoms with Crippen LogP contribution in [0.4, 0.5) is 10.7 Å². The predicted octanol–water partition coefficient (Wildman–Crippen LogP) is 0.456. The number of anilines is 1. The number of ether oxygens (including phenoxy) is 1. The molecule has 0 bridgehead atoms. The number of imide groups is 1. The van der Waals surface area contributed by atoms with Crippen molar-refractivity contribution >= 4 is 23.9 Å². The highest BCUT2D eigenvalue weighted by atomic mass is 16.5. The number of primary amides is 1. The summed E-state index contributed by atoms with van der Waals surface area (Å²) in [4.78, 5) is 45.5. The topological polar surface area (TPSA) is 128 Å². The Labute approximate surface area is 145 Å². The van der Waals surface area contributed by atoms with Crippen molar-refractivity contribution in [2.45, 2.75) is 32.8 Å². The molecule has 9 heteroatoms. The van der Waals surface area contributed by atoms with Crippen molar-refractivity contribution in [2.75, 3.05) is 18.0 Å². The minimum atomic E-state index is -1.05. The van der Waals surface area contributed by atoms with Gasteiger partial charge in [0.15, 0.2) is 6.10 Å². The second-order valence-corrected chi connectivity index (χ2v) is 6.27. The molecule has 0 saturated carbocycles. The third-order valence-corrected chi connectivity index (χ3v) is 4.02. The van der Waals surface area contributed by atoms with Gasteiger partial charge in [-0.2, -0.15) is 0 Å². The van der Waals surface area contributed by atoms with Crippen LogP contribution in [0.1, 0.15) is 26.7 Å². The Morgan fingerprint density at radius 3 is 2.36 bits per heavy atom. The molecular formula is C16H23N5O4. The molecule has 1 unspecified atom stereocenters. The first-order chi connectivity index (χ1) is 11.9. The molecule has 3 N–H and O–H groups in total. The van der Waals surface area contributed by atoms with E-state index in [-0.39, 0.29) is 11.8 Å². The monoisotopic (exact) mass is 349 g/mol. The van der Waals surface area contributed by atoms with Gasteiger partial charge in [-0.15, -0.1) is 0 Å². The van der Waals surface area contributed by atoms with E-state index in [1.807, 2.05) is 10.2 Å². The van der Waals surface area contributed by atoms with E-state index in [4.69, 9.17) is 10.5 Å². The number of amides is 3. The van der Waals surface area contributed by atoms with Gasteiger partial charge in [-0.25, -0.2) is 14.8 Å². The van der Waals surface area contributed by atoms with Gasteiger partial charge in [-0.05, 0) is 24.8 Å². The molecule has 1 aliphatic rings. The lowest BCUT2D eigenvalue weighted by molar-refractivity contribution is -0.162. The van der Waals surface area contributed by atoms with E-state index in [1.165, 1.54) is 0 Å². The van der Waals surface area contributed by atoms with Crippen molar-refractivity contribution in [1.29, 1.82) is 0 Å². The number of nitrogens with one attached hydrogen (secondary N) is 1. The van der Waals surface area contributed by atoms with Crippen LogP contribution < -0.4 is 16.0 Å². The summed E-state index contributed by atoms with van der Waals surface area (Å²) in [5.41, 5.74) is 4.95. The number of hydrogen-bond donors (Lipinski definition) is 2. The van der Waals surface area contributed by atoms with Crippen LogP contribution >= 0.6 is 0 Å². The quantitative estimate of drug-likeness (QED) is 0.739. The number of aromatic nitrogens is 2. The first-order valence-corrected chi connectivity index (χ1v) is 8.21. The average Bonchev–Trinajstić information content (AvgIpc) is 2.59. The smallest absolute Gasteiger partial charge is 0.318 e. The van der Waals surface area contributed by atoms with Crippen LogP contribution in [0.2, 0.25) is 0 Å². The maximum atomic E-state index is 12.4. The Morgan fingerprint density at radius 1 is 1.24 bits per heavy atom. The van der Waals surface area contributed by atoms with E-state index < -0.39 is 24.0 Å². The molecule has 25 heavy (non-hydrogen) atoms. The van der Waals surface area contributed by atoms with E-state index in [0.717, 1.165) is 0 Å². The zero-order valence-corrected chi connectivity index (χ0v) is 14.3. The van der Waals surface area contributed by atoms with Crippen LogP contribution in [-0.2, 0) is 14.3 Å². The number of nitrogens with zero attached hydrogens (tertiary/aromatic N) is 3. The normalized spacial score (nSPS) is 16.4. The first kappa shape index (κ1) is 18.6. The minimum Gasteiger partial charge on any atom is -0.452 e. The van der Waals surface area contributed by atoms with Crippen molar-refractivity contribution in [1.82, 2.24) is 15.3 Å². The van der Waals surface area contributed by atoms with Crippen molar-refractivity contribution in [2.24, 2.45) is 17.6 Å². The van der Waals surface area contributed by atoms with E-state index in [0.29, 0.717) is 31.9 Å². The summed E-state index contributed by atoms with van der Waals surface area (Å²) >= 11 is 0. The average molecular weight is 349 g/mol. The molecule has 9 nitrogen and oxygen atoms in total. The fourth-order valence-electron chi connectivity index (χ4n) is 2.68. The third-order valence-electron chi connectivity index (χ3n) is 4.02. The second-order valence-electron chi connectivity index (χ2n) is 6.27. The van der Waals surface area contributed by atoms with Gasteiger partial charge >= 0.3 is 12.0 Å². The van der Waals surface area contributed by atoms with Gasteiger partial charge in [0.1, 0.15) is 0 Å². The lowest BCUT2D eigenvalue weighted by Gasteiger charge is -2.31. The molecule has 0 spiro atoms. The molecule has 1 saturated heterocycles. The Kier molecular flexibility index (Phi) is 6.26. The molecule has 3 amide bonds. The fraction of sp³-hybridized carbons (Fsp3) is 0.562. The summed E-state index contributed by atoms with van der Waals surface area (Å²) in [5, 5.41) is 1.96. The summed E-state index contributed by atoms with van der Waals surface area (Å²) in [5.74, 6) is -1.09. The number of carbonyl (C=O) groups excluding carboxylic acids is 3. The van der Waals surface area contributed by atoms with Crippen LogP contribution in [0.5, 0.6) is 0 Å².